The van der Waals surface area contributed by atoms with E-state index in [9.17, 15) is 0 Å². The Balaban J connectivity index is 2.01. The number of anilines is 1. The minimum absolute atomic E-state index is 0.614. The minimum atomic E-state index is 0.614. The average Bonchev–Trinajstić information content (AvgIpc) is 2.88. The molecule has 0 saturated carbocycles. The van der Waals surface area contributed by atoms with Crippen molar-refractivity contribution in [2.24, 2.45) is 11.8 Å². The standard InChI is InChI=1S/C16H28N4/c1-12(2)8-17-9-14-10-18-11-16(19-14)20-7-5-6-15(20)13(3)4/h10-13,15,17H,5-9H2,1-4H3. The van der Waals surface area contributed by atoms with Gasteiger partial charge in [-0.3, -0.25) is 4.98 Å². The summed E-state index contributed by atoms with van der Waals surface area (Å²) < 4.78 is 0. The first-order chi connectivity index (χ1) is 9.58. The first-order valence-electron chi connectivity index (χ1n) is 7.86. The Morgan fingerprint density at radius 1 is 1.30 bits per heavy atom. The van der Waals surface area contributed by atoms with Crippen molar-refractivity contribution in [1.29, 1.82) is 0 Å². The predicted octanol–water partition coefficient (Wildman–Crippen LogP) is 2.85. The van der Waals surface area contributed by atoms with Crippen LogP contribution in [0.25, 0.3) is 0 Å². The van der Waals surface area contributed by atoms with Crippen molar-refractivity contribution in [2.45, 2.75) is 53.1 Å². The highest BCUT2D eigenvalue weighted by Crippen LogP contribution is 2.27. The van der Waals surface area contributed by atoms with E-state index in [0.717, 1.165) is 31.1 Å². The van der Waals surface area contributed by atoms with Crippen molar-refractivity contribution in [1.82, 2.24) is 15.3 Å². The van der Waals surface area contributed by atoms with Crippen LogP contribution in [0.3, 0.4) is 0 Å². The lowest BCUT2D eigenvalue weighted by atomic mass is 10.0. The lowest BCUT2D eigenvalue weighted by molar-refractivity contribution is 0.488. The van der Waals surface area contributed by atoms with E-state index in [1.807, 2.05) is 12.4 Å². The van der Waals surface area contributed by atoms with E-state index in [-0.39, 0.29) is 0 Å². The second-order valence-corrected chi connectivity index (χ2v) is 6.54. The van der Waals surface area contributed by atoms with Gasteiger partial charge in [0.15, 0.2) is 0 Å². The Kier molecular flexibility index (Phi) is 5.35. The molecule has 2 rings (SSSR count). The molecular weight excluding hydrogens is 248 g/mol. The van der Waals surface area contributed by atoms with Crippen molar-refractivity contribution in [3.05, 3.63) is 18.1 Å². The SMILES string of the molecule is CC(C)CNCc1cncc(N2CCCC2C(C)C)n1. The number of rotatable bonds is 6. The highest BCUT2D eigenvalue weighted by atomic mass is 15.2. The molecule has 0 radical (unpaired) electrons. The van der Waals surface area contributed by atoms with Gasteiger partial charge in [0.2, 0.25) is 0 Å². The van der Waals surface area contributed by atoms with Gasteiger partial charge in [-0.05, 0) is 31.2 Å². The van der Waals surface area contributed by atoms with Crippen molar-refractivity contribution in [3.63, 3.8) is 0 Å². The molecule has 20 heavy (non-hydrogen) atoms. The zero-order chi connectivity index (χ0) is 14.5. The van der Waals surface area contributed by atoms with Crippen molar-refractivity contribution >= 4 is 5.82 Å². The molecule has 0 amide bonds. The summed E-state index contributed by atoms with van der Waals surface area (Å²) in [4.78, 5) is 11.6. The largest absolute Gasteiger partial charge is 0.352 e. The molecule has 1 aromatic rings. The highest BCUT2D eigenvalue weighted by molar-refractivity contribution is 5.39. The van der Waals surface area contributed by atoms with Crippen molar-refractivity contribution in [2.75, 3.05) is 18.0 Å². The summed E-state index contributed by atoms with van der Waals surface area (Å²) in [5.41, 5.74) is 1.04. The number of aromatic nitrogens is 2. The molecule has 1 aliphatic rings. The maximum atomic E-state index is 4.79. The first kappa shape index (κ1) is 15.2. The lowest BCUT2D eigenvalue weighted by Gasteiger charge is -2.28. The fourth-order valence-corrected chi connectivity index (χ4v) is 2.88. The summed E-state index contributed by atoms with van der Waals surface area (Å²) in [5.74, 6) is 2.38. The fourth-order valence-electron chi connectivity index (χ4n) is 2.88. The fraction of sp³-hybridized carbons (Fsp3) is 0.750. The molecule has 1 atom stereocenters. The third kappa shape index (κ3) is 3.92. The Labute approximate surface area is 123 Å². The van der Waals surface area contributed by atoms with E-state index in [2.05, 4.69) is 42.9 Å². The van der Waals surface area contributed by atoms with Crippen molar-refractivity contribution in [3.8, 4) is 0 Å². The summed E-state index contributed by atoms with van der Waals surface area (Å²) in [5, 5.41) is 3.43. The molecule has 4 heteroatoms. The Bertz CT molecular complexity index is 417. The number of hydrogen-bond donors (Lipinski definition) is 1. The van der Waals surface area contributed by atoms with E-state index in [1.54, 1.807) is 0 Å². The monoisotopic (exact) mass is 276 g/mol. The molecule has 2 heterocycles. The zero-order valence-corrected chi connectivity index (χ0v) is 13.3. The molecule has 0 bridgehead atoms. The van der Waals surface area contributed by atoms with Gasteiger partial charge in [-0.1, -0.05) is 27.7 Å². The summed E-state index contributed by atoms with van der Waals surface area (Å²) in [6.07, 6.45) is 6.32. The van der Waals surface area contributed by atoms with E-state index in [1.165, 1.54) is 12.8 Å². The smallest absolute Gasteiger partial charge is 0.147 e. The first-order valence-corrected chi connectivity index (χ1v) is 7.86. The summed E-state index contributed by atoms with van der Waals surface area (Å²) in [6.45, 7) is 12.0. The average molecular weight is 276 g/mol. The lowest BCUT2D eigenvalue weighted by Crippen LogP contribution is -2.34. The molecule has 0 aromatic carbocycles. The molecule has 112 valence electrons. The van der Waals surface area contributed by atoms with Gasteiger partial charge in [0.05, 0.1) is 11.9 Å². The molecule has 1 aromatic heterocycles. The molecular formula is C16H28N4. The molecule has 1 N–H and O–H groups in total. The highest BCUT2D eigenvalue weighted by Gasteiger charge is 2.28. The van der Waals surface area contributed by atoms with Gasteiger partial charge in [0.1, 0.15) is 5.82 Å². The van der Waals surface area contributed by atoms with Gasteiger partial charge in [-0.25, -0.2) is 4.98 Å². The summed E-state index contributed by atoms with van der Waals surface area (Å²) >= 11 is 0. The number of nitrogens with zero attached hydrogens (tertiary/aromatic N) is 3. The van der Waals surface area contributed by atoms with Crippen LogP contribution in [0.5, 0.6) is 0 Å². The summed E-state index contributed by atoms with van der Waals surface area (Å²) in [7, 11) is 0. The van der Waals surface area contributed by atoms with Crippen LogP contribution in [0, 0.1) is 11.8 Å². The minimum Gasteiger partial charge on any atom is -0.352 e. The third-order valence-corrected chi connectivity index (χ3v) is 3.89. The van der Waals surface area contributed by atoms with E-state index < -0.39 is 0 Å². The van der Waals surface area contributed by atoms with Gasteiger partial charge < -0.3 is 10.2 Å². The molecule has 1 saturated heterocycles. The summed E-state index contributed by atoms with van der Waals surface area (Å²) in [6, 6.07) is 0.614. The molecule has 1 aliphatic heterocycles. The normalized spacial score (nSPS) is 19.3. The van der Waals surface area contributed by atoms with Crippen LogP contribution in [0.4, 0.5) is 5.82 Å². The molecule has 4 nitrogen and oxygen atoms in total. The van der Waals surface area contributed by atoms with Gasteiger partial charge in [0, 0.05) is 25.3 Å². The van der Waals surface area contributed by atoms with E-state index in [4.69, 9.17) is 4.98 Å². The van der Waals surface area contributed by atoms with Gasteiger partial charge in [-0.2, -0.15) is 0 Å². The Morgan fingerprint density at radius 2 is 2.10 bits per heavy atom. The van der Waals surface area contributed by atoms with Crippen LogP contribution in [0.2, 0.25) is 0 Å². The van der Waals surface area contributed by atoms with Gasteiger partial charge in [0.25, 0.3) is 0 Å². The zero-order valence-electron chi connectivity index (χ0n) is 13.3. The molecule has 0 aliphatic carbocycles. The van der Waals surface area contributed by atoms with Crippen LogP contribution in [-0.2, 0) is 6.54 Å². The second-order valence-electron chi connectivity index (χ2n) is 6.54. The maximum Gasteiger partial charge on any atom is 0.147 e. The second kappa shape index (κ2) is 7.02. The van der Waals surface area contributed by atoms with Crippen LogP contribution < -0.4 is 10.2 Å². The third-order valence-electron chi connectivity index (χ3n) is 3.89. The van der Waals surface area contributed by atoms with Crippen LogP contribution in [0.1, 0.15) is 46.2 Å². The van der Waals surface area contributed by atoms with Crippen LogP contribution in [0.15, 0.2) is 12.4 Å². The maximum absolute atomic E-state index is 4.79. The topological polar surface area (TPSA) is 41.1 Å². The van der Waals surface area contributed by atoms with E-state index in [0.29, 0.717) is 17.9 Å². The Hall–Kier alpha value is -1.16. The van der Waals surface area contributed by atoms with Gasteiger partial charge in [-0.15, -0.1) is 0 Å². The molecule has 0 spiro atoms. The number of hydrogen-bond acceptors (Lipinski definition) is 4. The van der Waals surface area contributed by atoms with E-state index >= 15 is 0 Å². The Morgan fingerprint density at radius 3 is 2.80 bits per heavy atom. The van der Waals surface area contributed by atoms with Crippen molar-refractivity contribution < 1.29 is 0 Å². The van der Waals surface area contributed by atoms with Gasteiger partial charge >= 0.3 is 0 Å². The quantitative estimate of drug-likeness (QED) is 0.867. The van der Waals surface area contributed by atoms with Crippen LogP contribution in [-0.4, -0.2) is 29.1 Å². The number of nitrogens with one attached hydrogen (secondary N) is 1. The molecule has 1 unspecified atom stereocenters. The van der Waals surface area contributed by atoms with Crippen LogP contribution >= 0.6 is 0 Å². The predicted molar refractivity (Wildman–Crippen MR) is 83.8 cm³/mol. The molecule has 1 fully saturated rings.